The van der Waals surface area contributed by atoms with Crippen LogP contribution in [0.2, 0.25) is 0 Å². The van der Waals surface area contributed by atoms with Crippen LogP contribution in [0.25, 0.3) is 0 Å². The van der Waals surface area contributed by atoms with Crippen LogP contribution in [-0.4, -0.2) is 27.9 Å². The van der Waals surface area contributed by atoms with Crippen molar-refractivity contribution in [2.45, 2.75) is 19.2 Å². The van der Waals surface area contributed by atoms with E-state index in [9.17, 15) is 0 Å². The van der Waals surface area contributed by atoms with Crippen LogP contribution < -0.4 is 14.8 Å². The molecule has 0 saturated heterocycles. The number of rotatable bonds is 1. The molecule has 2 aromatic rings. The van der Waals surface area contributed by atoms with Gasteiger partial charge in [-0.3, -0.25) is 0 Å². The number of nitrogens with zero attached hydrogens (tertiary/aromatic N) is 3. The zero-order chi connectivity index (χ0) is 12.7. The van der Waals surface area contributed by atoms with Crippen molar-refractivity contribution in [1.82, 2.24) is 20.1 Å². The lowest BCUT2D eigenvalue weighted by Gasteiger charge is -2.27. The van der Waals surface area contributed by atoms with Crippen LogP contribution in [0.1, 0.15) is 17.8 Å². The summed E-state index contributed by atoms with van der Waals surface area (Å²) in [5.41, 5.74) is 0. The van der Waals surface area contributed by atoms with Crippen molar-refractivity contribution in [3.05, 3.63) is 35.9 Å². The Kier molecular flexibility index (Phi) is 2.41. The third-order valence-electron chi connectivity index (χ3n) is 3.45. The van der Waals surface area contributed by atoms with E-state index in [1.165, 1.54) is 0 Å². The number of nitrogens with one attached hydrogen (secondary N) is 1. The maximum absolute atomic E-state index is 5.97. The van der Waals surface area contributed by atoms with Gasteiger partial charge in [-0.1, -0.05) is 12.1 Å². The summed E-state index contributed by atoms with van der Waals surface area (Å²) in [5.74, 6) is 3.37. The minimum absolute atomic E-state index is 0.186. The van der Waals surface area contributed by atoms with Crippen LogP contribution in [0.4, 0.5) is 0 Å². The van der Waals surface area contributed by atoms with Gasteiger partial charge in [-0.25, -0.2) is 0 Å². The minimum Gasteiger partial charge on any atom is -0.485 e. The molecule has 0 radical (unpaired) electrons. The smallest absolute Gasteiger partial charge is 0.192 e. The number of fused-ring (bicyclic) bond motifs is 2. The molecule has 0 spiro atoms. The molecule has 0 bridgehead atoms. The first-order chi connectivity index (χ1) is 9.42. The van der Waals surface area contributed by atoms with E-state index in [0.717, 1.165) is 42.8 Å². The van der Waals surface area contributed by atoms with Crippen LogP contribution in [0.3, 0.4) is 0 Å². The Morgan fingerprint density at radius 3 is 3.05 bits per heavy atom. The molecule has 0 aliphatic carbocycles. The summed E-state index contributed by atoms with van der Waals surface area (Å²) in [5, 5.41) is 11.7. The standard InChI is InChI=1S/C13H14N4O2/c1-2-4-10-9(3-1)18-8-11(19-10)13-16-15-12-7-14-5-6-17(12)13/h1-4,11,14H,5-8H2. The van der Waals surface area contributed by atoms with E-state index < -0.39 is 0 Å². The molecule has 1 aromatic carbocycles. The van der Waals surface area contributed by atoms with Crippen molar-refractivity contribution < 1.29 is 9.47 Å². The zero-order valence-electron chi connectivity index (χ0n) is 10.4. The van der Waals surface area contributed by atoms with Gasteiger partial charge in [0.25, 0.3) is 0 Å². The van der Waals surface area contributed by atoms with Crippen LogP contribution in [0.15, 0.2) is 24.3 Å². The van der Waals surface area contributed by atoms with Gasteiger partial charge in [0.05, 0.1) is 6.54 Å². The van der Waals surface area contributed by atoms with Gasteiger partial charge in [0.15, 0.2) is 23.4 Å². The van der Waals surface area contributed by atoms with Gasteiger partial charge in [-0.15, -0.1) is 10.2 Å². The van der Waals surface area contributed by atoms with Crippen molar-refractivity contribution in [1.29, 1.82) is 0 Å². The summed E-state index contributed by atoms with van der Waals surface area (Å²) >= 11 is 0. The summed E-state index contributed by atoms with van der Waals surface area (Å²) in [7, 11) is 0. The molecule has 1 N–H and O–H groups in total. The highest BCUT2D eigenvalue weighted by molar-refractivity contribution is 5.41. The van der Waals surface area contributed by atoms with Gasteiger partial charge in [-0.2, -0.15) is 0 Å². The summed E-state index contributed by atoms with van der Waals surface area (Å²) < 4.78 is 13.8. The number of ether oxygens (including phenoxy) is 2. The first-order valence-electron chi connectivity index (χ1n) is 6.43. The average molecular weight is 258 g/mol. The Morgan fingerprint density at radius 1 is 1.21 bits per heavy atom. The number of aromatic nitrogens is 3. The molecule has 4 rings (SSSR count). The van der Waals surface area contributed by atoms with Crippen molar-refractivity contribution in [2.75, 3.05) is 13.2 Å². The zero-order valence-corrected chi connectivity index (χ0v) is 10.4. The second kappa shape index (κ2) is 4.24. The van der Waals surface area contributed by atoms with Crippen LogP contribution in [0, 0.1) is 0 Å². The van der Waals surface area contributed by atoms with E-state index in [1.54, 1.807) is 0 Å². The lowest BCUT2D eigenvalue weighted by molar-refractivity contribution is 0.0816. The molecule has 1 unspecified atom stereocenters. The van der Waals surface area contributed by atoms with Crippen LogP contribution >= 0.6 is 0 Å². The van der Waals surface area contributed by atoms with E-state index >= 15 is 0 Å². The topological polar surface area (TPSA) is 61.2 Å². The van der Waals surface area contributed by atoms with E-state index in [4.69, 9.17) is 9.47 Å². The lowest BCUT2D eigenvalue weighted by atomic mass is 10.2. The van der Waals surface area contributed by atoms with Crippen molar-refractivity contribution in [3.63, 3.8) is 0 Å². The van der Waals surface area contributed by atoms with Crippen LogP contribution in [-0.2, 0) is 13.1 Å². The minimum atomic E-state index is -0.186. The first kappa shape index (κ1) is 10.8. The third-order valence-corrected chi connectivity index (χ3v) is 3.45. The van der Waals surface area contributed by atoms with Crippen molar-refractivity contribution >= 4 is 0 Å². The Bertz CT molecular complexity index is 610. The molecule has 6 heteroatoms. The predicted molar refractivity (Wildman–Crippen MR) is 67.0 cm³/mol. The van der Waals surface area contributed by atoms with E-state index in [-0.39, 0.29) is 6.10 Å². The van der Waals surface area contributed by atoms with E-state index in [1.807, 2.05) is 24.3 Å². The number of hydrogen-bond donors (Lipinski definition) is 1. The Balaban J connectivity index is 1.66. The molecular formula is C13H14N4O2. The Labute approximate surface area is 110 Å². The van der Waals surface area contributed by atoms with E-state index in [0.29, 0.717) is 6.61 Å². The van der Waals surface area contributed by atoms with Gasteiger partial charge < -0.3 is 19.4 Å². The molecule has 2 aliphatic heterocycles. The summed E-state index contributed by atoms with van der Waals surface area (Å²) in [6.45, 7) is 3.04. The molecule has 6 nitrogen and oxygen atoms in total. The molecule has 98 valence electrons. The van der Waals surface area contributed by atoms with Gasteiger partial charge in [0.1, 0.15) is 12.4 Å². The normalized spacial score (nSPS) is 20.9. The summed E-state index contributed by atoms with van der Waals surface area (Å²) in [4.78, 5) is 0. The average Bonchev–Trinajstić information content (AvgIpc) is 2.91. The van der Waals surface area contributed by atoms with Gasteiger partial charge >= 0.3 is 0 Å². The van der Waals surface area contributed by atoms with Crippen molar-refractivity contribution in [3.8, 4) is 11.5 Å². The van der Waals surface area contributed by atoms with Crippen LogP contribution in [0.5, 0.6) is 11.5 Å². The SMILES string of the molecule is c1ccc2c(c1)OCC(c1nnc3n1CCNC3)O2. The van der Waals surface area contributed by atoms with Gasteiger partial charge in [0.2, 0.25) is 0 Å². The molecular weight excluding hydrogens is 244 g/mol. The molecule has 19 heavy (non-hydrogen) atoms. The highest BCUT2D eigenvalue weighted by Crippen LogP contribution is 2.35. The molecule has 3 heterocycles. The summed E-state index contributed by atoms with van der Waals surface area (Å²) in [6, 6.07) is 7.70. The maximum Gasteiger partial charge on any atom is 0.192 e. The Hall–Kier alpha value is -2.08. The molecule has 0 amide bonds. The molecule has 1 aromatic heterocycles. The number of benzene rings is 1. The number of para-hydroxylation sites is 2. The largest absolute Gasteiger partial charge is 0.485 e. The fraction of sp³-hybridized carbons (Fsp3) is 0.385. The monoisotopic (exact) mass is 258 g/mol. The fourth-order valence-corrected chi connectivity index (χ4v) is 2.50. The van der Waals surface area contributed by atoms with Gasteiger partial charge in [-0.05, 0) is 12.1 Å². The maximum atomic E-state index is 5.97. The van der Waals surface area contributed by atoms with Gasteiger partial charge in [0, 0.05) is 13.1 Å². The molecule has 2 aliphatic rings. The fourth-order valence-electron chi connectivity index (χ4n) is 2.50. The Morgan fingerprint density at radius 2 is 2.11 bits per heavy atom. The predicted octanol–water partition coefficient (Wildman–Crippen LogP) is 0.894. The lowest BCUT2D eigenvalue weighted by Crippen LogP contribution is -2.31. The number of hydrogen-bond acceptors (Lipinski definition) is 5. The highest BCUT2D eigenvalue weighted by atomic mass is 16.6. The molecule has 1 atom stereocenters. The van der Waals surface area contributed by atoms with Crippen molar-refractivity contribution in [2.24, 2.45) is 0 Å². The highest BCUT2D eigenvalue weighted by Gasteiger charge is 2.28. The molecule has 0 fully saturated rings. The second-order valence-electron chi connectivity index (χ2n) is 4.67. The third kappa shape index (κ3) is 1.76. The summed E-state index contributed by atoms with van der Waals surface area (Å²) in [6.07, 6.45) is -0.186. The van der Waals surface area contributed by atoms with E-state index in [2.05, 4.69) is 20.1 Å². The molecule has 0 saturated carbocycles. The first-order valence-corrected chi connectivity index (χ1v) is 6.43. The second-order valence-corrected chi connectivity index (χ2v) is 4.67. The quantitative estimate of drug-likeness (QED) is 0.823.